The molecule has 5 nitrogen and oxygen atoms in total. The van der Waals surface area contributed by atoms with E-state index in [0.29, 0.717) is 17.4 Å². The van der Waals surface area contributed by atoms with Crippen LogP contribution in [0.1, 0.15) is 25.8 Å². The Hall–Kier alpha value is -1.27. The molecule has 2 heterocycles. The van der Waals surface area contributed by atoms with Gasteiger partial charge in [-0.05, 0) is 34.0 Å². The van der Waals surface area contributed by atoms with Gasteiger partial charge in [-0.25, -0.2) is 0 Å². The highest BCUT2D eigenvalue weighted by molar-refractivity contribution is 9.10. The topological polar surface area (TPSA) is 77.8 Å². The molecule has 6 heteroatoms. The second kappa shape index (κ2) is 4.93. The van der Waals surface area contributed by atoms with Crippen LogP contribution >= 0.6 is 15.9 Å². The van der Waals surface area contributed by atoms with Crippen LogP contribution in [0.2, 0.25) is 0 Å². The van der Waals surface area contributed by atoms with Crippen molar-refractivity contribution in [2.75, 3.05) is 0 Å². The van der Waals surface area contributed by atoms with Gasteiger partial charge in [0, 0.05) is 10.7 Å². The van der Waals surface area contributed by atoms with Crippen molar-refractivity contribution in [2.45, 2.75) is 19.9 Å². The zero-order chi connectivity index (χ0) is 12.4. The monoisotopic (exact) mass is 296 g/mol. The number of aromatic nitrogens is 3. The molecule has 0 aliphatic heterocycles. The highest BCUT2D eigenvalue weighted by atomic mass is 79.9. The fourth-order valence-electron chi connectivity index (χ4n) is 1.27. The number of hydrogen-bond donors (Lipinski definition) is 1. The van der Waals surface area contributed by atoms with Crippen molar-refractivity contribution in [3.05, 3.63) is 28.7 Å². The van der Waals surface area contributed by atoms with Gasteiger partial charge in [0.25, 0.3) is 0 Å². The van der Waals surface area contributed by atoms with Gasteiger partial charge in [0.2, 0.25) is 11.7 Å². The number of nitrogens with zero attached hydrogens (tertiary/aromatic N) is 3. The molecule has 2 aromatic heterocycles. The first kappa shape index (κ1) is 12.2. The van der Waals surface area contributed by atoms with E-state index in [1.807, 2.05) is 26.0 Å². The van der Waals surface area contributed by atoms with E-state index in [9.17, 15) is 0 Å². The molecule has 0 bridgehead atoms. The summed E-state index contributed by atoms with van der Waals surface area (Å²) in [5, 5.41) is 3.88. The first-order chi connectivity index (χ1) is 8.08. The molecule has 2 rings (SSSR count). The Kier molecular flexibility index (Phi) is 3.54. The molecule has 0 radical (unpaired) electrons. The van der Waals surface area contributed by atoms with Gasteiger partial charge in [-0.3, -0.25) is 4.98 Å². The first-order valence-corrected chi connectivity index (χ1v) is 6.08. The number of hydrogen-bond acceptors (Lipinski definition) is 5. The lowest BCUT2D eigenvalue weighted by molar-refractivity contribution is 0.325. The minimum atomic E-state index is -0.244. The summed E-state index contributed by atoms with van der Waals surface area (Å²) in [6.45, 7) is 4.01. The van der Waals surface area contributed by atoms with Gasteiger partial charge in [0.1, 0.15) is 5.69 Å². The van der Waals surface area contributed by atoms with Crippen LogP contribution < -0.4 is 5.73 Å². The summed E-state index contributed by atoms with van der Waals surface area (Å²) in [5.41, 5.74) is 6.60. The lowest BCUT2D eigenvalue weighted by Crippen LogP contribution is -2.16. The quantitative estimate of drug-likeness (QED) is 0.942. The molecule has 0 unspecified atom stereocenters. The standard InChI is InChI=1S/C11H13BrN4O/c1-6(2)9(13)11-15-10(16-17-11)8-4-3-7(12)5-14-8/h3-6,9H,13H2,1-2H3/t9-/m0/s1. The summed E-state index contributed by atoms with van der Waals surface area (Å²) < 4.78 is 6.04. The van der Waals surface area contributed by atoms with E-state index in [-0.39, 0.29) is 12.0 Å². The van der Waals surface area contributed by atoms with Gasteiger partial charge < -0.3 is 10.3 Å². The summed E-state index contributed by atoms with van der Waals surface area (Å²) >= 11 is 3.32. The van der Waals surface area contributed by atoms with E-state index >= 15 is 0 Å². The molecular weight excluding hydrogens is 284 g/mol. The maximum absolute atomic E-state index is 5.93. The average Bonchev–Trinajstić information content (AvgIpc) is 2.78. The maximum atomic E-state index is 5.93. The predicted octanol–water partition coefficient (Wildman–Crippen LogP) is 2.55. The Bertz CT molecular complexity index is 494. The summed E-state index contributed by atoms with van der Waals surface area (Å²) in [6.07, 6.45) is 1.69. The minimum absolute atomic E-state index is 0.244. The van der Waals surface area contributed by atoms with Crippen molar-refractivity contribution in [1.29, 1.82) is 0 Å². The van der Waals surface area contributed by atoms with Gasteiger partial charge >= 0.3 is 0 Å². The van der Waals surface area contributed by atoms with Crippen LogP contribution in [0.15, 0.2) is 27.3 Å². The number of halogens is 1. The van der Waals surface area contributed by atoms with Crippen molar-refractivity contribution in [2.24, 2.45) is 11.7 Å². The Balaban J connectivity index is 2.26. The van der Waals surface area contributed by atoms with Crippen LogP contribution in [0, 0.1) is 5.92 Å². The van der Waals surface area contributed by atoms with Crippen LogP contribution in [0.5, 0.6) is 0 Å². The zero-order valence-electron chi connectivity index (χ0n) is 9.59. The lowest BCUT2D eigenvalue weighted by atomic mass is 10.1. The Morgan fingerprint density at radius 1 is 1.35 bits per heavy atom. The fourth-order valence-corrected chi connectivity index (χ4v) is 1.50. The number of nitrogens with two attached hydrogens (primary N) is 1. The van der Waals surface area contributed by atoms with Crippen LogP contribution in [0.25, 0.3) is 11.5 Å². The molecule has 0 aliphatic carbocycles. The first-order valence-electron chi connectivity index (χ1n) is 5.29. The van der Waals surface area contributed by atoms with E-state index in [1.54, 1.807) is 6.20 Å². The molecule has 0 saturated carbocycles. The van der Waals surface area contributed by atoms with Crippen LogP contribution in [-0.4, -0.2) is 15.1 Å². The van der Waals surface area contributed by atoms with Crippen molar-refractivity contribution < 1.29 is 4.52 Å². The van der Waals surface area contributed by atoms with E-state index in [2.05, 4.69) is 31.1 Å². The summed E-state index contributed by atoms with van der Waals surface area (Å²) in [6, 6.07) is 3.45. The molecule has 90 valence electrons. The summed E-state index contributed by atoms with van der Waals surface area (Å²) in [5.74, 6) is 1.16. The molecule has 0 spiro atoms. The number of pyridine rings is 1. The Labute approximate surface area is 108 Å². The molecule has 0 aliphatic rings. The predicted molar refractivity (Wildman–Crippen MR) is 67.0 cm³/mol. The summed E-state index contributed by atoms with van der Waals surface area (Å²) in [7, 11) is 0. The largest absolute Gasteiger partial charge is 0.337 e. The fraction of sp³-hybridized carbons (Fsp3) is 0.364. The Morgan fingerprint density at radius 2 is 2.12 bits per heavy atom. The van der Waals surface area contributed by atoms with Crippen LogP contribution in [0.3, 0.4) is 0 Å². The zero-order valence-corrected chi connectivity index (χ0v) is 11.2. The van der Waals surface area contributed by atoms with Gasteiger partial charge in [-0.2, -0.15) is 4.98 Å². The van der Waals surface area contributed by atoms with Crippen molar-refractivity contribution in [1.82, 2.24) is 15.1 Å². The van der Waals surface area contributed by atoms with Crippen LogP contribution in [0.4, 0.5) is 0 Å². The smallest absolute Gasteiger partial charge is 0.244 e. The van der Waals surface area contributed by atoms with Crippen molar-refractivity contribution in [3.63, 3.8) is 0 Å². The van der Waals surface area contributed by atoms with Gasteiger partial charge in [0.05, 0.1) is 6.04 Å². The molecule has 0 fully saturated rings. The third kappa shape index (κ3) is 2.70. The highest BCUT2D eigenvalue weighted by Crippen LogP contribution is 2.21. The van der Waals surface area contributed by atoms with Gasteiger partial charge in [-0.15, -0.1) is 0 Å². The van der Waals surface area contributed by atoms with Crippen LogP contribution in [-0.2, 0) is 0 Å². The second-order valence-electron chi connectivity index (χ2n) is 4.09. The normalized spacial score (nSPS) is 13.0. The molecule has 1 atom stereocenters. The van der Waals surface area contributed by atoms with Crippen molar-refractivity contribution >= 4 is 15.9 Å². The third-order valence-corrected chi connectivity index (χ3v) is 2.87. The van der Waals surface area contributed by atoms with Crippen molar-refractivity contribution in [3.8, 4) is 11.5 Å². The molecule has 17 heavy (non-hydrogen) atoms. The van der Waals surface area contributed by atoms with E-state index in [0.717, 1.165) is 4.47 Å². The lowest BCUT2D eigenvalue weighted by Gasteiger charge is -2.09. The molecule has 0 saturated heterocycles. The van der Waals surface area contributed by atoms with E-state index in [4.69, 9.17) is 10.3 Å². The maximum Gasteiger partial charge on any atom is 0.244 e. The van der Waals surface area contributed by atoms with E-state index < -0.39 is 0 Å². The van der Waals surface area contributed by atoms with E-state index in [1.165, 1.54) is 0 Å². The average molecular weight is 297 g/mol. The third-order valence-electron chi connectivity index (χ3n) is 2.40. The van der Waals surface area contributed by atoms with Gasteiger partial charge in [-0.1, -0.05) is 19.0 Å². The minimum Gasteiger partial charge on any atom is -0.337 e. The molecule has 2 aromatic rings. The molecule has 0 aromatic carbocycles. The SMILES string of the molecule is CC(C)[C@H](N)c1nc(-c2ccc(Br)cn2)no1. The molecule has 0 amide bonds. The highest BCUT2D eigenvalue weighted by Gasteiger charge is 2.18. The number of rotatable bonds is 3. The Morgan fingerprint density at radius 3 is 2.71 bits per heavy atom. The molecule has 2 N–H and O–H groups in total. The molecular formula is C11H13BrN4O. The summed E-state index contributed by atoms with van der Waals surface area (Å²) in [4.78, 5) is 8.44. The second-order valence-corrected chi connectivity index (χ2v) is 5.00. The van der Waals surface area contributed by atoms with Gasteiger partial charge in [0.15, 0.2) is 0 Å².